The standard InChI is InChI=1S/C22H39NS/c1-3-5-7-9-11-13-19-23-21-15-17-22(18-16-21)24-20-14-12-10-8-6-4-2/h15-18,23H,3-14,19-20H2,1-2H3. The Morgan fingerprint density at radius 2 is 1.21 bits per heavy atom. The molecule has 1 nitrogen and oxygen atoms in total. The molecule has 0 aliphatic carbocycles. The Bertz CT molecular complexity index is 337. The van der Waals surface area contributed by atoms with Crippen molar-refractivity contribution in [2.24, 2.45) is 0 Å². The number of anilines is 1. The van der Waals surface area contributed by atoms with Gasteiger partial charge in [-0.05, 0) is 42.9 Å². The minimum absolute atomic E-state index is 1.11. The summed E-state index contributed by atoms with van der Waals surface area (Å²) in [6.45, 7) is 5.66. The summed E-state index contributed by atoms with van der Waals surface area (Å²) in [7, 11) is 0. The summed E-state index contributed by atoms with van der Waals surface area (Å²) in [5.41, 5.74) is 1.27. The topological polar surface area (TPSA) is 12.0 Å². The average Bonchev–Trinajstić information content (AvgIpc) is 2.61. The summed E-state index contributed by atoms with van der Waals surface area (Å²) in [6, 6.07) is 9.01. The average molecular weight is 350 g/mol. The largest absolute Gasteiger partial charge is 0.385 e. The summed E-state index contributed by atoms with van der Waals surface area (Å²) in [4.78, 5) is 1.41. The maximum Gasteiger partial charge on any atom is 0.0340 e. The Kier molecular flexibility index (Phi) is 14.2. The molecule has 0 saturated carbocycles. The van der Waals surface area contributed by atoms with Crippen LogP contribution in [-0.2, 0) is 0 Å². The van der Waals surface area contributed by atoms with E-state index in [2.05, 4.69) is 43.4 Å². The molecule has 0 aromatic heterocycles. The summed E-state index contributed by atoms with van der Waals surface area (Å²) >= 11 is 2.00. The summed E-state index contributed by atoms with van der Waals surface area (Å²) in [5.74, 6) is 1.26. The van der Waals surface area contributed by atoms with E-state index in [1.54, 1.807) is 0 Å². The van der Waals surface area contributed by atoms with Gasteiger partial charge in [0.1, 0.15) is 0 Å². The van der Waals surface area contributed by atoms with Gasteiger partial charge in [-0.15, -0.1) is 11.8 Å². The van der Waals surface area contributed by atoms with E-state index in [9.17, 15) is 0 Å². The van der Waals surface area contributed by atoms with Crippen molar-refractivity contribution in [1.29, 1.82) is 0 Å². The lowest BCUT2D eigenvalue weighted by Gasteiger charge is -2.08. The van der Waals surface area contributed by atoms with Gasteiger partial charge in [-0.3, -0.25) is 0 Å². The Morgan fingerprint density at radius 1 is 0.667 bits per heavy atom. The zero-order chi connectivity index (χ0) is 17.3. The molecule has 0 atom stereocenters. The molecule has 1 rings (SSSR count). The first kappa shape index (κ1) is 21.4. The van der Waals surface area contributed by atoms with Gasteiger partial charge in [0, 0.05) is 17.1 Å². The highest BCUT2D eigenvalue weighted by Crippen LogP contribution is 2.22. The first-order valence-corrected chi connectivity index (χ1v) is 11.3. The van der Waals surface area contributed by atoms with Crippen molar-refractivity contribution < 1.29 is 0 Å². The molecule has 0 unspecified atom stereocenters. The number of unbranched alkanes of at least 4 members (excludes halogenated alkanes) is 10. The normalized spacial score (nSPS) is 10.9. The molecule has 138 valence electrons. The van der Waals surface area contributed by atoms with Crippen LogP contribution in [0.2, 0.25) is 0 Å². The Hall–Kier alpha value is -0.630. The van der Waals surface area contributed by atoms with Gasteiger partial charge in [-0.2, -0.15) is 0 Å². The lowest BCUT2D eigenvalue weighted by atomic mass is 10.1. The molecule has 0 heterocycles. The van der Waals surface area contributed by atoms with Gasteiger partial charge in [0.15, 0.2) is 0 Å². The van der Waals surface area contributed by atoms with E-state index in [1.165, 1.54) is 93.4 Å². The SMILES string of the molecule is CCCCCCCCNc1ccc(SCCCCCCCC)cc1. The van der Waals surface area contributed by atoms with Crippen LogP contribution in [0, 0.1) is 0 Å². The van der Waals surface area contributed by atoms with E-state index in [0.29, 0.717) is 0 Å². The number of nitrogens with one attached hydrogen (secondary N) is 1. The highest BCUT2D eigenvalue weighted by molar-refractivity contribution is 7.99. The van der Waals surface area contributed by atoms with E-state index in [1.807, 2.05) is 11.8 Å². The highest BCUT2D eigenvalue weighted by atomic mass is 32.2. The molecule has 0 aliphatic rings. The molecule has 1 aromatic carbocycles. The van der Waals surface area contributed by atoms with Gasteiger partial charge >= 0.3 is 0 Å². The van der Waals surface area contributed by atoms with Gasteiger partial charge in [0.05, 0.1) is 0 Å². The Morgan fingerprint density at radius 3 is 1.83 bits per heavy atom. The lowest BCUT2D eigenvalue weighted by molar-refractivity contribution is 0.617. The zero-order valence-electron chi connectivity index (χ0n) is 16.1. The van der Waals surface area contributed by atoms with Crippen molar-refractivity contribution in [2.45, 2.75) is 95.8 Å². The molecule has 0 amide bonds. The highest BCUT2D eigenvalue weighted by Gasteiger charge is 1.97. The predicted molar refractivity (Wildman–Crippen MR) is 112 cm³/mol. The molecule has 0 bridgehead atoms. The predicted octanol–water partition coefficient (Wildman–Crippen LogP) is 7.91. The molecule has 0 spiro atoms. The zero-order valence-corrected chi connectivity index (χ0v) is 16.9. The molecule has 0 radical (unpaired) electrons. The fraction of sp³-hybridized carbons (Fsp3) is 0.727. The van der Waals surface area contributed by atoms with E-state index in [-0.39, 0.29) is 0 Å². The first-order chi connectivity index (χ1) is 11.9. The number of thioether (sulfide) groups is 1. The quantitative estimate of drug-likeness (QED) is 0.240. The van der Waals surface area contributed by atoms with E-state index >= 15 is 0 Å². The maximum absolute atomic E-state index is 3.55. The van der Waals surface area contributed by atoms with Crippen molar-refractivity contribution in [2.75, 3.05) is 17.6 Å². The second-order valence-corrected chi connectivity index (χ2v) is 8.00. The molecule has 1 N–H and O–H groups in total. The van der Waals surface area contributed by atoms with Gasteiger partial charge in [0.25, 0.3) is 0 Å². The third-order valence-corrected chi connectivity index (χ3v) is 5.58. The number of rotatable bonds is 16. The molecule has 0 fully saturated rings. The van der Waals surface area contributed by atoms with E-state index in [0.717, 1.165) is 6.54 Å². The number of hydrogen-bond donors (Lipinski definition) is 1. The minimum atomic E-state index is 1.11. The number of hydrogen-bond acceptors (Lipinski definition) is 2. The van der Waals surface area contributed by atoms with Crippen LogP contribution in [0.1, 0.15) is 90.9 Å². The second kappa shape index (κ2) is 15.9. The molecular formula is C22H39NS. The molecule has 0 aliphatic heterocycles. The van der Waals surface area contributed by atoms with E-state index in [4.69, 9.17) is 0 Å². The fourth-order valence-corrected chi connectivity index (χ4v) is 3.79. The van der Waals surface area contributed by atoms with Crippen LogP contribution in [0.3, 0.4) is 0 Å². The third-order valence-electron chi connectivity index (χ3n) is 4.48. The monoisotopic (exact) mass is 349 g/mol. The van der Waals surface area contributed by atoms with Crippen LogP contribution in [0.5, 0.6) is 0 Å². The van der Waals surface area contributed by atoms with Crippen molar-refractivity contribution in [3.8, 4) is 0 Å². The first-order valence-electron chi connectivity index (χ1n) is 10.3. The Balaban J connectivity index is 2.02. The summed E-state index contributed by atoms with van der Waals surface area (Å²) in [5, 5.41) is 3.55. The van der Waals surface area contributed by atoms with Gasteiger partial charge in [-0.25, -0.2) is 0 Å². The smallest absolute Gasteiger partial charge is 0.0340 e. The fourth-order valence-electron chi connectivity index (χ4n) is 2.88. The maximum atomic E-state index is 3.55. The van der Waals surface area contributed by atoms with Crippen molar-refractivity contribution in [1.82, 2.24) is 0 Å². The van der Waals surface area contributed by atoms with Crippen LogP contribution >= 0.6 is 11.8 Å². The third kappa shape index (κ3) is 11.8. The van der Waals surface area contributed by atoms with Crippen LogP contribution in [-0.4, -0.2) is 12.3 Å². The van der Waals surface area contributed by atoms with Gasteiger partial charge < -0.3 is 5.32 Å². The number of benzene rings is 1. The van der Waals surface area contributed by atoms with Crippen molar-refractivity contribution in [3.63, 3.8) is 0 Å². The Labute approximate surface area is 155 Å². The van der Waals surface area contributed by atoms with Gasteiger partial charge in [0.2, 0.25) is 0 Å². The van der Waals surface area contributed by atoms with Crippen LogP contribution in [0.4, 0.5) is 5.69 Å². The minimum Gasteiger partial charge on any atom is -0.385 e. The molecule has 1 aromatic rings. The molecule has 2 heteroatoms. The summed E-state index contributed by atoms with van der Waals surface area (Å²) in [6.07, 6.45) is 16.5. The van der Waals surface area contributed by atoms with Crippen LogP contribution in [0.15, 0.2) is 29.2 Å². The second-order valence-electron chi connectivity index (χ2n) is 6.84. The molecular weight excluding hydrogens is 310 g/mol. The summed E-state index contributed by atoms with van der Waals surface area (Å²) < 4.78 is 0. The molecule has 0 saturated heterocycles. The van der Waals surface area contributed by atoms with Crippen molar-refractivity contribution in [3.05, 3.63) is 24.3 Å². The molecule has 24 heavy (non-hydrogen) atoms. The van der Waals surface area contributed by atoms with Crippen molar-refractivity contribution >= 4 is 17.4 Å². The van der Waals surface area contributed by atoms with Crippen LogP contribution in [0.25, 0.3) is 0 Å². The lowest BCUT2D eigenvalue weighted by Crippen LogP contribution is -2.01. The van der Waals surface area contributed by atoms with E-state index < -0.39 is 0 Å². The van der Waals surface area contributed by atoms with Crippen LogP contribution < -0.4 is 5.32 Å². The van der Waals surface area contributed by atoms with Gasteiger partial charge in [-0.1, -0.05) is 78.1 Å².